The van der Waals surface area contributed by atoms with Crippen LogP contribution in [0.2, 0.25) is 0 Å². The average molecular weight is 230 g/mol. The lowest BCUT2D eigenvalue weighted by Crippen LogP contribution is -2.56. The van der Waals surface area contributed by atoms with Crippen LogP contribution in [0.5, 0.6) is 0 Å². The van der Waals surface area contributed by atoms with E-state index in [0.717, 1.165) is 12.2 Å². The molecular weight excluding hydrogens is 224 g/mol. The Hall–Kier alpha value is -2.29. The molecule has 16 heavy (non-hydrogen) atoms. The summed E-state index contributed by atoms with van der Waals surface area (Å²) in [5.74, 6) is -1.65. The predicted octanol–water partition coefficient (Wildman–Crippen LogP) is -0.822. The molecule has 0 saturated heterocycles. The van der Waals surface area contributed by atoms with E-state index in [4.69, 9.17) is 5.11 Å². The SMILES string of the molecule is O=C(O)C1=CC=CC([N+](=O)[O-])([N+](=O)[O-])C1O. The lowest BCUT2D eigenvalue weighted by molar-refractivity contribution is -0.789. The van der Waals surface area contributed by atoms with E-state index in [2.05, 4.69) is 0 Å². The molecule has 1 aliphatic rings. The smallest absolute Gasteiger partial charge is 0.478 e. The minimum atomic E-state index is -3.04. The zero-order valence-electron chi connectivity index (χ0n) is 7.64. The van der Waals surface area contributed by atoms with Gasteiger partial charge in [-0.3, -0.25) is 20.2 Å². The molecule has 1 rings (SSSR count). The van der Waals surface area contributed by atoms with Gasteiger partial charge < -0.3 is 10.2 Å². The molecule has 0 amide bonds. The van der Waals surface area contributed by atoms with Gasteiger partial charge in [0.2, 0.25) is 6.10 Å². The maximum Gasteiger partial charge on any atom is 0.507 e. The molecule has 0 aromatic heterocycles. The Labute approximate surface area is 87.6 Å². The maximum absolute atomic E-state index is 10.6. The van der Waals surface area contributed by atoms with Crippen LogP contribution in [0.4, 0.5) is 0 Å². The molecule has 0 spiro atoms. The van der Waals surface area contributed by atoms with E-state index in [1.54, 1.807) is 0 Å². The molecule has 0 aliphatic heterocycles. The van der Waals surface area contributed by atoms with Crippen molar-refractivity contribution in [1.82, 2.24) is 0 Å². The Bertz CT molecular complexity index is 410. The van der Waals surface area contributed by atoms with Gasteiger partial charge in [0.25, 0.3) is 0 Å². The van der Waals surface area contributed by atoms with E-state index in [9.17, 15) is 30.1 Å². The summed E-state index contributed by atoms with van der Waals surface area (Å²) in [6.45, 7) is 0. The lowest BCUT2D eigenvalue weighted by Gasteiger charge is -2.21. The van der Waals surface area contributed by atoms with E-state index in [1.165, 1.54) is 0 Å². The van der Waals surface area contributed by atoms with Crippen molar-refractivity contribution in [3.63, 3.8) is 0 Å². The van der Waals surface area contributed by atoms with Crippen molar-refractivity contribution in [2.75, 3.05) is 0 Å². The highest BCUT2D eigenvalue weighted by atomic mass is 16.7. The minimum Gasteiger partial charge on any atom is -0.478 e. The molecular formula is C7H6N2O7. The number of carbonyl (C=O) groups is 1. The van der Waals surface area contributed by atoms with Crippen LogP contribution in [-0.4, -0.2) is 37.8 Å². The third-order valence-corrected chi connectivity index (χ3v) is 2.15. The fourth-order valence-corrected chi connectivity index (χ4v) is 1.28. The molecule has 1 atom stereocenters. The zero-order valence-corrected chi connectivity index (χ0v) is 7.64. The second-order valence-corrected chi connectivity index (χ2v) is 2.99. The fourth-order valence-electron chi connectivity index (χ4n) is 1.28. The molecule has 9 heteroatoms. The van der Waals surface area contributed by atoms with Crippen LogP contribution in [0.15, 0.2) is 23.8 Å². The Morgan fingerprint density at radius 3 is 2.25 bits per heavy atom. The zero-order chi connectivity index (χ0) is 12.5. The van der Waals surface area contributed by atoms with E-state index in [0.29, 0.717) is 6.08 Å². The molecule has 0 heterocycles. The standard InChI is InChI=1S/C7H6N2O7/c10-5-4(6(11)12)2-1-3-7(5,8(13)14)9(15)16/h1-3,5,10H,(H,11,12). The summed E-state index contributed by atoms with van der Waals surface area (Å²) < 4.78 is 0. The lowest BCUT2D eigenvalue weighted by atomic mass is 9.92. The Balaban J connectivity index is 3.33. The number of nitrogens with zero attached hydrogens (tertiary/aromatic N) is 2. The third-order valence-electron chi connectivity index (χ3n) is 2.15. The largest absolute Gasteiger partial charge is 0.507 e. The molecule has 2 N–H and O–H groups in total. The van der Waals surface area contributed by atoms with Crippen LogP contribution in [0.1, 0.15) is 0 Å². The van der Waals surface area contributed by atoms with Crippen LogP contribution in [0.25, 0.3) is 0 Å². The van der Waals surface area contributed by atoms with Crippen molar-refractivity contribution >= 4 is 5.97 Å². The van der Waals surface area contributed by atoms with E-state index in [1.807, 2.05) is 0 Å². The summed E-state index contributed by atoms with van der Waals surface area (Å²) in [5.41, 5.74) is -3.83. The molecule has 1 unspecified atom stereocenters. The summed E-state index contributed by atoms with van der Waals surface area (Å²) in [6, 6.07) is 0. The fraction of sp³-hybridized carbons (Fsp3) is 0.286. The number of nitro groups is 2. The maximum atomic E-state index is 10.6. The van der Waals surface area contributed by atoms with Gasteiger partial charge in [-0.2, -0.15) is 0 Å². The topological polar surface area (TPSA) is 144 Å². The molecule has 0 aromatic rings. The molecule has 0 aromatic carbocycles. The molecule has 86 valence electrons. The number of aliphatic carboxylic acids is 1. The molecule has 0 fully saturated rings. The van der Waals surface area contributed by atoms with E-state index in [-0.39, 0.29) is 0 Å². The number of carboxylic acids is 1. The van der Waals surface area contributed by atoms with Crippen molar-refractivity contribution in [3.8, 4) is 0 Å². The first kappa shape index (κ1) is 11.8. The highest BCUT2D eigenvalue weighted by Crippen LogP contribution is 2.27. The van der Waals surface area contributed by atoms with Crippen molar-refractivity contribution in [2.45, 2.75) is 11.8 Å². The Kier molecular flexibility index (Phi) is 2.72. The molecule has 9 nitrogen and oxygen atoms in total. The number of aliphatic hydroxyl groups excluding tert-OH is 1. The number of allylic oxidation sites excluding steroid dienone is 2. The summed E-state index contributed by atoms with van der Waals surface area (Å²) in [4.78, 5) is 29.2. The number of carboxylic acid groups (broad SMARTS) is 1. The first-order valence-electron chi connectivity index (χ1n) is 3.93. The second-order valence-electron chi connectivity index (χ2n) is 2.99. The molecule has 0 radical (unpaired) electrons. The van der Waals surface area contributed by atoms with Crippen molar-refractivity contribution in [2.24, 2.45) is 0 Å². The van der Waals surface area contributed by atoms with Crippen LogP contribution in [-0.2, 0) is 4.79 Å². The number of hydrogen-bond acceptors (Lipinski definition) is 6. The molecule has 0 bridgehead atoms. The van der Waals surface area contributed by atoms with Gasteiger partial charge in [-0.15, -0.1) is 0 Å². The second kappa shape index (κ2) is 3.70. The monoisotopic (exact) mass is 230 g/mol. The highest BCUT2D eigenvalue weighted by Gasteiger charge is 2.63. The van der Waals surface area contributed by atoms with E-state index < -0.39 is 33.2 Å². The number of rotatable bonds is 3. The number of aliphatic hydroxyl groups is 1. The van der Waals surface area contributed by atoms with Gasteiger partial charge in [0.05, 0.1) is 11.6 Å². The average Bonchev–Trinajstić information content (AvgIpc) is 2.16. The van der Waals surface area contributed by atoms with Gasteiger partial charge >= 0.3 is 11.6 Å². The van der Waals surface area contributed by atoms with Gasteiger partial charge in [-0.1, -0.05) is 6.08 Å². The van der Waals surface area contributed by atoms with Gasteiger partial charge in [0, 0.05) is 0 Å². The predicted molar refractivity (Wildman–Crippen MR) is 47.6 cm³/mol. The van der Waals surface area contributed by atoms with Crippen LogP contribution in [0.3, 0.4) is 0 Å². The summed E-state index contributed by atoms with van der Waals surface area (Å²) in [6.07, 6.45) is -0.0515. The van der Waals surface area contributed by atoms with Crippen LogP contribution in [0, 0.1) is 20.2 Å². The Morgan fingerprint density at radius 2 is 1.88 bits per heavy atom. The van der Waals surface area contributed by atoms with E-state index >= 15 is 0 Å². The van der Waals surface area contributed by atoms with Gasteiger partial charge in [0.1, 0.15) is 9.85 Å². The molecule has 1 aliphatic carbocycles. The number of hydrogen-bond donors (Lipinski definition) is 2. The first-order chi connectivity index (χ1) is 7.34. The van der Waals surface area contributed by atoms with Gasteiger partial charge in [0.15, 0.2) is 0 Å². The quantitative estimate of drug-likeness (QED) is 0.366. The van der Waals surface area contributed by atoms with Crippen LogP contribution >= 0.6 is 0 Å². The summed E-state index contributed by atoms with van der Waals surface area (Å²) in [7, 11) is 0. The third kappa shape index (κ3) is 1.42. The van der Waals surface area contributed by atoms with Gasteiger partial charge in [-0.05, 0) is 6.08 Å². The van der Waals surface area contributed by atoms with Crippen molar-refractivity contribution in [3.05, 3.63) is 44.0 Å². The van der Waals surface area contributed by atoms with Gasteiger partial charge in [-0.25, -0.2) is 4.79 Å². The first-order valence-corrected chi connectivity index (χ1v) is 3.93. The van der Waals surface area contributed by atoms with Crippen molar-refractivity contribution < 1.29 is 24.9 Å². The van der Waals surface area contributed by atoms with Crippen LogP contribution < -0.4 is 0 Å². The van der Waals surface area contributed by atoms with Crippen molar-refractivity contribution in [1.29, 1.82) is 0 Å². The Morgan fingerprint density at radius 1 is 1.38 bits per heavy atom. The normalized spacial score (nSPS) is 22.3. The minimum absolute atomic E-state index is 0.546. The summed E-state index contributed by atoms with van der Waals surface area (Å²) >= 11 is 0. The molecule has 0 saturated carbocycles. The summed E-state index contributed by atoms with van der Waals surface area (Å²) in [5, 5.41) is 39.3. The highest BCUT2D eigenvalue weighted by molar-refractivity contribution is 5.88.